The monoisotopic (exact) mass is 312 g/mol. The van der Waals surface area contributed by atoms with Crippen LogP contribution in [0.3, 0.4) is 0 Å². The normalized spacial score (nSPS) is 19.7. The molecule has 1 aromatic rings. The van der Waals surface area contributed by atoms with Crippen molar-refractivity contribution in [2.45, 2.75) is 33.4 Å². The number of carbonyl (C=O) groups is 2. The zero-order valence-electron chi connectivity index (χ0n) is 12.2. The number of benzene rings is 1. The van der Waals surface area contributed by atoms with Gasteiger partial charge in [0.25, 0.3) is 0 Å². The van der Waals surface area contributed by atoms with E-state index >= 15 is 0 Å². The number of piperazine rings is 1. The smallest absolute Gasteiger partial charge is 0.243 e. The molecule has 114 valence electrons. The highest BCUT2D eigenvalue weighted by atomic mass is 35.5. The van der Waals surface area contributed by atoms with E-state index in [0.29, 0.717) is 10.6 Å². The summed E-state index contributed by atoms with van der Waals surface area (Å²) in [5, 5.41) is 2.97. The molecule has 1 aliphatic rings. The fourth-order valence-corrected chi connectivity index (χ4v) is 2.71. The maximum Gasteiger partial charge on any atom is 0.243 e. The second-order valence-corrected chi connectivity index (χ2v) is 6.65. The molecule has 1 saturated heterocycles. The molecule has 1 unspecified atom stereocenters. The standard InChI is InChI=1S/C15H18ClFN2O2/c1-15(2,3)13-14(21)18-7-12(20)19(13)8-9-6-10(17)4-5-11(9)16/h4-6,13H,7-8H2,1-3H3,(H,18,21). The molecule has 0 bridgehead atoms. The third kappa shape index (κ3) is 3.35. The van der Waals surface area contributed by atoms with Gasteiger partial charge >= 0.3 is 0 Å². The highest BCUT2D eigenvalue weighted by Crippen LogP contribution is 2.29. The topological polar surface area (TPSA) is 49.4 Å². The Kier molecular flexibility index (Phi) is 4.23. The van der Waals surface area contributed by atoms with Crippen molar-refractivity contribution >= 4 is 23.4 Å². The number of hydrogen-bond acceptors (Lipinski definition) is 2. The first-order valence-corrected chi connectivity index (χ1v) is 7.09. The van der Waals surface area contributed by atoms with E-state index in [1.807, 2.05) is 20.8 Å². The maximum atomic E-state index is 13.4. The van der Waals surface area contributed by atoms with Crippen molar-refractivity contribution in [2.75, 3.05) is 6.54 Å². The first-order valence-electron chi connectivity index (χ1n) is 6.71. The van der Waals surface area contributed by atoms with Gasteiger partial charge in [-0.15, -0.1) is 0 Å². The van der Waals surface area contributed by atoms with Gasteiger partial charge in [0, 0.05) is 11.6 Å². The minimum Gasteiger partial charge on any atom is -0.345 e. The Labute approximate surface area is 128 Å². The van der Waals surface area contributed by atoms with Gasteiger partial charge in [-0.1, -0.05) is 32.4 Å². The fourth-order valence-electron chi connectivity index (χ4n) is 2.53. The Hall–Kier alpha value is -1.62. The number of nitrogens with one attached hydrogen (secondary N) is 1. The van der Waals surface area contributed by atoms with Crippen LogP contribution in [0.5, 0.6) is 0 Å². The molecule has 0 radical (unpaired) electrons. The van der Waals surface area contributed by atoms with Crippen molar-refractivity contribution in [3.8, 4) is 0 Å². The number of rotatable bonds is 2. The van der Waals surface area contributed by atoms with E-state index in [4.69, 9.17) is 11.6 Å². The molecular weight excluding hydrogens is 295 g/mol. The summed E-state index contributed by atoms with van der Waals surface area (Å²) in [5.41, 5.74) is 0.0638. The number of carbonyl (C=O) groups excluding carboxylic acids is 2. The summed E-state index contributed by atoms with van der Waals surface area (Å²) in [6.07, 6.45) is 0. The Bertz CT molecular complexity index is 584. The summed E-state index contributed by atoms with van der Waals surface area (Å²) < 4.78 is 13.4. The van der Waals surface area contributed by atoms with E-state index in [9.17, 15) is 14.0 Å². The summed E-state index contributed by atoms with van der Waals surface area (Å²) in [5.74, 6) is -0.819. The minimum atomic E-state index is -0.613. The minimum absolute atomic E-state index is 0.0433. The van der Waals surface area contributed by atoms with Crippen LogP contribution in [0.1, 0.15) is 26.3 Å². The van der Waals surface area contributed by atoms with Crippen LogP contribution in [0.2, 0.25) is 5.02 Å². The van der Waals surface area contributed by atoms with Gasteiger partial charge in [0.2, 0.25) is 11.8 Å². The molecule has 0 saturated carbocycles. The lowest BCUT2D eigenvalue weighted by Gasteiger charge is -2.42. The van der Waals surface area contributed by atoms with Crippen LogP contribution in [-0.2, 0) is 16.1 Å². The maximum absolute atomic E-state index is 13.4. The first-order chi connectivity index (χ1) is 9.70. The third-order valence-electron chi connectivity index (χ3n) is 3.46. The number of halogens is 2. The van der Waals surface area contributed by atoms with Gasteiger partial charge in [0.15, 0.2) is 0 Å². The van der Waals surface area contributed by atoms with E-state index in [-0.39, 0.29) is 24.9 Å². The van der Waals surface area contributed by atoms with Crippen molar-refractivity contribution in [3.05, 3.63) is 34.6 Å². The van der Waals surface area contributed by atoms with Crippen LogP contribution in [0.4, 0.5) is 4.39 Å². The summed E-state index contributed by atoms with van der Waals surface area (Å²) in [7, 11) is 0. The highest BCUT2D eigenvalue weighted by Gasteiger charge is 2.42. The molecule has 2 amide bonds. The number of hydrogen-bond donors (Lipinski definition) is 1. The van der Waals surface area contributed by atoms with Gasteiger partial charge < -0.3 is 10.2 Å². The molecule has 21 heavy (non-hydrogen) atoms. The molecule has 1 N–H and O–H groups in total. The lowest BCUT2D eigenvalue weighted by atomic mass is 9.83. The van der Waals surface area contributed by atoms with Crippen LogP contribution in [0.15, 0.2) is 18.2 Å². The highest BCUT2D eigenvalue weighted by molar-refractivity contribution is 6.31. The quantitative estimate of drug-likeness (QED) is 0.911. The van der Waals surface area contributed by atoms with E-state index in [0.717, 1.165) is 0 Å². The molecule has 0 spiro atoms. The predicted molar refractivity (Wildman–Crippen MR) is 78.2 cm³/mol. The largest absolute Gasteiger partial charge is 0.345 e. The average molecular weight is 313 g/mol. The van der Waals surface area contributed by atoms with Gasteiger partial charge in [0.05, 0.1) is 6.54 Å². The van der Waals surface area contributed by atoms with E-state index < -0.39 is 17.3 Å². The molecule has 1 fully saturated rings. The predicted octanol–water partition coefficient (Wildman–Crippen LogP) is 2.35. The average Bonchev–Trinajstić information content (AvgIpc) is 2.36. The van der Waals surface area contributed by atoms with Gasteiger partial charge in [-0.05, 0) is 29.2 Å². The van der Waals surface area contributed by atoms with Crippen molar-refractivity contribution in [3.63, 3.8) is 0 Å². The van der Waals surface area contributed by atoms with E-state index in [1.165, 1.54) is 23.1 Å². The van der Waals surface area contributed by atoms with Crippen LogP contribution in [0.25, 0.3) is 0 Å². The summed E-state index contributed by atoms with van der Waals surface area (Å²) >= 11 is 6.06. The molecular formula is C15H18ClFN2O2. The second kappa shape index (κ2) is 5.64. The first kappa shape index (κ1) is 15.8. The van der Waals surface area contributed by atoms with E-state index in [2.05, 4.69) is 5.32 Å². The zero-order valence-corrected chi connectivity index (χ0v) is 13.0. The Morgan fingerprint density at radius 3 is 2.67 bits per heavy atom. The second-order valence-electron chi connectivity index (χ2n) is 6.24. The molecule has 1 aliphatic heterocycles. The summed E-state index contributed by atoms with van der Waals surface area (Å²) in [4.78, 5) is 25.8. The van der Waals surface area contributed by atoms with Gasteiger partial charge in [-0.25, -0.2) is 4.39 Å². The van der Waals surface area contributed by atoms with Crippen LogP contribution < -0.4 is 5.32 Å². The molecule has 6 heteroatoms. The molecule has 1 aromatic carbocycles. The fraction of sp³-hybridized carbons (Fsp3) is 0.467. The molecule has 0 aromatic heterocycles. The lowest BCUT2D eigenvalue weighted by Crippen LogP contribution is -2.62. The Morgan fingerprint density at radius 1 is 1.38 bits per heavy atom. The van der Waals surface area contributed by atoms with Crippen LogP contribution >= 0.6 is 11.6 Å². The molecule has 4 nitrogen and oxygen atoms in total. The van der Waals surface area contributed by atoms with Crippen molar-refractivity contribution in [2.24, 2.45) is 5.41 Å². The lowest BCUT2D eigenvalue weighted by molar-refractivity contribution is -0.150. The molecule has 1 heterocycles. The third-order valence-corrected chi connectivity index (χ3v) is 3.83. The van der Waals surface area contributed by atoms with Crippen LogP contribution in [0, 0.1) is 11.2 Å². The molecule has 1 atom stereocenters. The van der Waals surface area contributed by atoms with Gasteiger partial charge in [-0.2, -0.15) is 0 Å². The van der Waals surface area contributed by atoms with Gasteiger partial charge in [0.1, 0.15) is 11.9 Å². The van der Waals surface area contributed by atoms with Crippen molar-refractivity contribution in [1.29, 1.82) is 0 Å². The van der Waals surface area contributed by atoms with Crippen molar-refractivity contribution in [1.82, 2.24) is 10.2 Å². The SMILES string of the molecule is CC(C)(C)C1C(=O)NCC(=O)N1Cc1cc(F)ccc1Cl. The zero-order chi connectivity index (χ0) is 15.8. The number of nitrogens with zero attached hydrogens (tertiary/aromatic N) is 1. The summed E-state index contributed by atoms with van der Waals surface area (Å²) in [6.45, 7) is 5.73. The van der Waals surface area contributed by atoms with E-state index in [1.54, 1.807) is 0 Å². The Balaban J connectivity index is 2.35. The van der Waals surface area contributed by atoms with Gasteiger partial charge in [-0.3, -0.25) is 9.59 Å². The molecule has 2 rings (SSSR count). The van der Waals surface area contributed by atoms with Crippen LogP contribution in [-0.4, -0.2) is 29.3 Å². The summed E-state index contributed by atoms with van der Waals surface area (Å²) in [6, 6.07) is 3.39. The van der Waals surface area contributed by atoms with Crippen molar-refractivity contribution < 1.29 is 14.0 Å². The number of amides is 2. The Morgan fingerprint density at radius 2 is 2.05 bits per heavy atom. The molecule has 0 aliphatic carbocycles.